The first kappa shape index (κ1) is 24.0. The van der Waals surface area contributed by atoms with Crippen LogP contribution in [0.15, 0.2) is 24.5 Å². The molecule has 1 fully saturated rings. The standard InChI is InChI=1S/C26H34N4O4/c1-26(2,3)34-21(31)12-11-20(24(27)32)30-14-18-13-17(9-10-19(18)25(30)33)22-23(29(4)15-28-22)16-7-5-6-8-16/h9-10,13,15-16,20H,5-8,11-12,14H2,1-4H3,(H2,27,32). The van der Waals surface area contributed by atoms with Gasteiger partial charge in [-0.05, 0) is 57.7 Å². The van der Waals surface area contributed by atoms with Crippen molar-refractivity contribution in [3.05, 3.63) is 41.3 Å². The monoisotopic (exact) mass is 466 g/mol. The number of hydrogen-bond donors (Lipinski definition) is 1. The molecule has 2 aliphatic rings. The number of aromatic nitrogens is 2. The Balaban J connectivity index is 1.54. The lowest BCUT2D eigenvalue weighted by Crippen LogP contribution is -2.45. The van der Waals surface area contributed by atoms with Crippen molar-refractivity contribution in [2.45, 2.75) is 83.4 Å². The van der Waals surface area contributed by atoms with Crippen LogP contribution in [-0.4, -0.2) is 43.9 Å². The molecule has 0 radical (unpaired) electrons. The fourth-order valence-corrected chi connectivity index (χ4v) is 5.18. The Kier molecular flexibility index (Phi) is 6.51. The Morgan fingerprint density at radius 3 is 2.59 bits per heavy atom. The summed E-state index contributed by atoms with van der Waals surface area (Å²) in [6, 6.07) is 4.87. The normalized spacial score (nSPS) is 17.2. The number of amides is 2. The van der Waals surface area contributed by atoms with Gasteiger partial charge in [0.2, 0.25) is 5.91 Å². The van der Waals surface area contributed by atoms with Gasteiger partial charge in [-0.3, -0.25) is 14.4 Å². The van der Waals surface area contributed by atoms with E-state index in [2.05, 4.69) is 9.55 Å². The van der Waals surface area contributed by atoms with Gasteiger partial charge in [-0.1, -0.05) is 18.9 Å². The molecule has 0 bridgehead atoms. The second kappa shape index (κ2) is 9.24. The van der Waals surface area contributed by atoms with Crippen LogP contribution in [0.25, 0.3) is 11.3 Å². The maximum atomic E-state index is 13.1. The highest BCUT2D eigenvalue weighted by Gasteiger charge is 2.36. The molecule has 1 unspecified atom stereocenters. The third-order valence-corrected chi connectivity index (χ3v) is 6.68. The number of ether oxygens (including phenoxy) is 1. The average molecular weight is 467 g/mol. The number of benzene rings is 1. The van der Waals surface area contributed by atoms with Gasteiger partial charge in [0, 0.05) is 42.8 Å². The zero-order chi connectivity index (χ0) is 24.6. The quantitative estimate of drug-likeness (QED) is 0.627. The van der Waals surface area contributed by atoms with Crippen LogP contribution in [0.5, 0.6) is 0 Å². The molecule has 1 aromatic heterocycles. The molecular weight excluding hydrogens is 432 g/mol. The third kappa shape index (κ3) is 4.86. The van der Waals surface area contributed by atoms with E-state index in [0.717, 1.165) is 16.8 Å². The molecule has 4 rings (SSSR count). The molecule has 182 valence electrons. The predicted molar refractivity (Wildman–Crippen MR) is 128 cm³/mol. The first-order valence-electron chi connectivity index (χ1n) is 12.0. The molecule has 1 aromatic carbocycles. The average Bonchev–Trinajstić information content (AvgIpc) is 3.46. The number of aryl methyl sites for hydroxylation is 1. The summed E-state index contributed by atoms with van der Waals surface area (Å²) in [7, 11) is 2.03. The molecule has 1 atom stereocenters. The SMILES string of the molecule is Cn1cnc(-c2ccc3c(c2)CN(C(CCC(=O)OC(C)(C)C)C(N)=O)C3=O)c1C1CCCC1. The minimum Gasteiger partial charge on any atom is -0.460 e. The zero-order valence-electron chi connectivity index (χ0n) is 20.5. The lowest BCUT2D eigenvalue weighted by Gasteiger charge is -2.25. The topological polar surface area (TPSA) is 108 Å². The molecule has 1 aliphatic heterocycles. The molecule has 0 saturated heterocycles. The zero-order valence-corrected chi connectivity index (χ0v) is 20.5. The number of esters is 1. The van der Waals surface area contributed by atoms with Gasteiger partial charge in [-0.25, -0.2) is 4.98 Å². The van der Waals surface area contributed by atoms with Crippen molar-refractivity contribution < 1.29 is 19.1 Å². The number of hydrogen-bond acceptors (Lipinski definition) is 5. The van der Waals surface area contributed by atoms with Crippen LogP contribution in [0.4, 0.5) is 0 Å². The number of nitrogens with zero attached hydrogens (tertiary/aromatic N) is 3. The summed E-state index contributed by atoms with van der Waals surface area (Å²) in [5, 5.41) is 0. The van der Waals surface area contributed by atoms with Gasteiger partial charge in [0.25, 0.3) is 5.91 Å². The van der Waals surface area contributed by atoms with Crippen molar-refractivity contribution >= 4 is 17.8 Å². The van der Waals surface area contributed by atoms with E-state index in [0.29, 0.717) is 11.5 Å². The number of primary amides is 1. The van der Waals surface area contributed by atoms with Crippen molar-refractivity contribution in [1.29, 1.82) is 0 Å². The summed E-state index contributed by atoms with van der Waals surface area (Å²) in [5.74, 6) is -0.787. The Morgan fingerprint density at radius 1 is 1.24 bits per heavy atom. The van der Waals surface area contributed by atoms with Gasteiger partial charge in [0.1, 0.15) is 11.6 Å². The summed E-state index contributed by atoms with van der Waals surface area (Å²) in [6.07, 6.45) is 6.80. The second-order valence-electron chi connectivity index (χ2n) is 10.4. The molecular formula is C26H34N4O4. The summed E-state index contributed by atoms with van der Waals surface area (Å²) >= 11 is 0. The van der Waals surface area contributed by atoms with Crippen LogP contribution < -0.4 is 5.73 Å². The molecule has 1 saturated carbocycles. The van der Waals surface area contributed by atoms with Gasteiger partial charge >= 0.3 is 5.97 Å². The number of fused-ring (bicyclic) bond motifs is 1. The number of nitrogens with two attached hydrogens (primary N) is 1. The van der Waals surface area contributed by atoms with E-state index in [-0.39, 0.29) is 25.3 Å². The predicted octanol–water partition coefficient (Wildman–Crippen LogP) is 3.68. The number of rotatable bonds is 7. The summed E-state index contributed by atoms with van der Waals surface area (Å²) in [5.41, 5.74) is 9.60. The smallest absolute Gasteiger partial charge is 0.306 e. The van der Waals surface area contributed by atoms with Crippen molar-refractivity contribution in [3.8, 4) is 11.3 Å². The number of carbonyl (C=O) groups is 3. The maximum Gasteiger partial charge on any atom is 0.306 e. The Hall–Kier alpha value is -3.16. The fraction of sp³-hybridized carbons (Fsp3) is 0.538. The highest BCUT2D eigenvalue weighted by molar-refractivity contribution is 6.01. The van der Waals surface area contributed by atoms with E-state index in [1.807, 2.05) is 31.6 Å². The van der Waals surface area contributed by atoms with Gasteiger partial charge in [-0.15, -0.1) is 0 Å². The lowest BCUT2D eigenvalue weighted by atomic mass is 9.96. The van der Waals surface area contributed by atoms with Crippen molar-refractivity contribution in [3.63, 3.8) is 0 Å². The Labute approximate surface area is 200 Å². The van der Waals surface area contributed by atoms with E-state index >= 15 is 0 Å². The minimum absolute atomic E-state index is 0.00886. The highest BCUT2D eigenvalue weighted by Crippen LogP contribution is 2.39. The summed E-state index contributed by atoms with van der Waals surface area (Å²) in [6.45, 7) is 5.63. The number of carbonyl (C=O) groups excluding carboxylic acids is 3. The highest BCUT2D eigenvalue weighted by atomic mass is 16.6. The van der Waals surface area contributed by atoms with E-state index in [1.54, 1.807) is 20.8 Å². The fourth-order valence-electron chi connectivity index (χ4n) is 5.18. The van der Waals surface area contributed by atoms with Crippen LogP contribution in [-0.2, 0) is 27.9 Å². The van der Waals surface area contributed by atoms with Gasteiger partial charge in [0.15, 0.2) is 0 Å². The molecule has 8 heteroatoms. The summed E-state index contributed by atoms with van der Waals surface area (Å²) in [4.78, 5) is 43.7. The van der Waals surface area contributed by atoms with Crippen LogP contribution in [0.3, 0.4) is 0 Å². The Morgan fingerprint density at radius 2 is 1.94 bits per heavy atom. The largest absolute Gasteiger partial charge is 0.460 e. The van der Waals surface area contributed by atoms with Crippen molar-refractivity contribution in [2.24, 2.45) is 12.8 Å². The molecule has 0 spiro atoms. The molecule has 8 nitrogen and oxygen atoms in total. The molecule has 1 aliphatic carbocycles. The van der Waals surface area contributed by atoms with E-state index in [9.17, 15) is 14.4 Å². The van der Waals surface area contributed by atoms with Crippen LogP contribution in [0, 0.1) is 0 Å². The molecule has 2 N–H and O–H groups in total. The molecule has 2 aromatic rings. The van der Waals surface area contributed by atoms with Crippen LogP contribution in [0.1, 0.15) is 86.8 Å². The second-order valence-corrected chi connectivity index (χ2v) is 10.4. The molecule has 2 heterocycles. The maximum absolute atomic E-state index is 13.1. The molecule has 2 amide bonds. The molecule has 34 heavy (non-hydrogen) atoms. The number of imidazole rings is 1. The summed E-state index contributed by atoms with van der Waals surface area (Å²) < 4.78 is 7.44. The Bertz CT molecular complexity index is 1110. The van der Waals surface area contributed by atoms with Gasteiger partial charge in [-0.2, -0.15) is 0 Å². The minimum atomic E-state index is -0.875. The van der Waals surface area contributed by atoms with Crippen molar-refractivity contribution in [2.75, 3.05) is 0 Å². The van der Waals surface area contributed by atoms with Gasteiger partial charge < -0.3 is 19.9 Å². The first-order valence-corrected chi connectivity index (χ1v) is 12.0. The van der Waals surface area contributed by atoms with Gasteiger partial charge in [0.05, 0.1) is 12.0 Å². The van der Waals surface area contributed by atoms with Crippen molar-refractivity contribution in [1.82, 2.24) is 14.5 Å². The van der Waals surface area contributed by atoms with Crippen LogP contribution in [0.2, 0.25) is 0 Å². The van der Waals surface area contributed by atoms with E-state index in [1.165, 1.54) is 36.3 Å². The third-order valence-electron chi connectivity index (χ3n) is 6.68. The van der Waals surface area contributed by atoms with E-state index < -0.39 is 23.5 Å². The lowest BCUT2D eigenvalue weighted by molar-refractivity contribution is -0.155. The van der Waals surface area contributed by atoms with Crippen LogP contribution >= 0.6 is 0 Å². The first-order chi connectivity index (χ1) is 16.0. The van der Waals surface area contributed by atoms with E-state index in [4.69, 9.17) is 10.5 Å².